The van der Waals surface area contributed by atoms with Crippen LogP contribution in [0.15, 0.2) is 30.6 Å². The van der Waals surface area contributed by atoms with E-state index in [1.807, 2.05) is 0 Å². The number of hydrogen-bond acceptors (Lipinski definition) is 6. The second-order valence-electron chi connectivity index (χ2n) is 7.87. The molecule has 0 radical (unpaired) electrons. The van der Waals surface area contributed by atoms with Gasteiger partial charge in [-0.3, -0.25) is 9.88 Å². The summed E-state index contributed by atoms with van der Waals surface area (Å²) in [5.74, 6) is -2.47. The van der Waals surface area contributed by atoms with Crippen LogP contribution in [0.2, 0.25) is 5.02 Å². The van der Waals surface area contributed by atoms with E-state index >= 15 is 8.78 Å². The van der Waals surface area contributed by atoms with E-state index in [-0.39, 0.29) is 19.6 Å². The molecule has 11 heteroatoms. The topological polar surface area (TPSA) is 73.9 Å². The van der Waals surface area contributed by atoms with Gasteiger partial charge in [0.1, 0.15) is 29.6 Å². The lowest BCUT2D eigenvalue weighted by molar-refractivity contribution is -0.0202. The van der Waals surface area contributed by atoms with E-state index in [2.05, 4.69) is 20.3 Å². The summed E-state index contributed by atoms with van der Waals surface area (Å²) < 4.78 is 38.4. The maximum atomic E-state index is 15.1. The number of ether oxygens (including phenoxy) is 1. The van der Waals surface area contributed by atoms with Crippen LogP contribution in [0.5, 0.6) is 0 Å². The summed E-state index contributed by atoms with van der Waals surface area (Å²) >= 11 is 6.23. The highest BCUT2D eigenvalue weighted by Gasteiger charge is 2.49. The van der Waals surface area contributed by atoms with Crippen molar-refractivity contribution in [3.8, 4) is 0 Å². The number of benzene rings is 1. The lowest BCUT2D eigenvalue weighted by Crippen LogP contribution is -2.31. The summed E-state index contributed by atoms with van der Waals surface area (Å²) in [6, 6.07) is 4.18. The average Bonchev–Trinajstić information content (AvgIpc) is 3.37. The van der Waals surface area contributed by atoms with Crippen LogP contribution in [0.25, 0.3) is 21.9 Å². The highest BCUT2D eigenvalue weighted by atomic mass is 35.5. The largest absolute Gasteiger partial charge is 0.378 e. The first-order valence-corrected chi connectivity index (χ1v) is 10.1. The smallest absolute Gasteiger partial charge is 0.282 e. The zero-order valence-electron chi connectivity index (χ0n) is 17.0. The third-order valence-corrected chi connectivity index (χ3v) is 5.73. The number of likely N-dealkylation sites (tertiary alicyclic amines) is 1. The number of alkyl halides is 2. The summed E-state index contributed by atoms with van der Waals surface area (Å²) in [5, 5.41) is 9.34. The van der Waals surface area contributed by atoms with Gasteiger partial charge in [-0.15, -0.1) is 5.10 Å². The quantitative estimate of drug-likeness (QED) is 0.468. The van der Waals surface area contributed by atoms with Gasteiger partial charge in [0.05, 0.1) is 36.6 Å². The number of rotatable bonds is 5. The Morgan fingerprint density at radius 2 is 2.13 bits per heavy atom. The molecular weight excluding hydrogens is 428 g/mol. The first-order valence-electron chi connectivity index (χ1n) is 9.75. The molecule has 162 valence electrons. The molecule has 1 saturated heterocycles. The van der Waals surface area contributed by atoms with E-state index in [1.54, 1.807) is 58.9 Å². The first kappa shape index (κ1) is 20.2. The zero-order chi connectivity index (χ0) is 21.8. The minimum atomic E-state index is -2.92. The van der Waals surface area contributed by atoms with Crippen molar-refractivity contribution in [2.45, 2.75) is 25.1 Å². The number of hydrogen-bond donors (Lipinski definition) is 0. The van der Waals surface area contributed by atoms with Crippen LogP contribution in [-0.4, -0.2) is 67.6 Å². The molecule has 0 bridgehead atoms. The number of imidazole rings is 1. The standard InChI is InChI=1S/C20H20ClF2N7O/c1-28-8-17(20(22,23)11-28)30-18(9-29-7-13(10-31-2)26-27-29)25-16-6-24-15-4-3-12(21)5-14(15)19(16)30/h3-7,17H,8-11H2,1-2H3/t17-/m0/s1. The summed E-state index contributed by atoms with van der Waals surface area (Å²) in [6.07, 6.45) is 3.33. The molecule has 4 aromatic rings. The second-order valence-corrected chi connectivity index (χ2v) is 8.30. The molecule has 1 aliphatic rings. The average molecular weight is 448 g/mol. The SMILES string of the molecule is COCc1cn(Cc2nc3cnc4ccc(Cl)cc4c3n2[C@H]2CN(C)CC2(F)F)nn1. The summed E-state index contributed by atoms with van der Waals surface area (Å²) in [6.45, 7) is 0.378. The Kier molecular flexibility index (Phi) is 4.87. The number of methoxy groups -OCH3 is 1. The third kappa shape index (κ3) is 3.54. The van der Waals surface area contributed by atoms with Gasteiger partial charge in [-0.25, -0.2) is 18.4 Å². The molecule has 0 N–H and O–H groups in total. The predicted molar refractivity (Wildman–Crippen MR) is 111 cm³/mol. The van der Waals surface area contributed by atoms with Crippen molar-refractivity contribution in [1.29, 1.82) is 0 Å². The molecule has 31 heavy (non-hydrogen) atoms. The highest BCUT2D eigenvalue weighted by molar-refractivity contribution is 6.31. The number of fused-ring (bicyclic) bond motifs is 3. The normalized spacial score (nSPS) is 19.1. The number of aromatic nitrogens is 6. The Morgan fingerprint density at radius 3 is 2.87 bits per heavy atom. The van der Waals surface area contributed by atoms with Crippen molar-refractivity contribution in [3.63, 3.8) is 0 Å². The van der Waals surface area contributed by atoms with E-state index in [0.717, 1.165) is 0 Å². The number of pyridine rings is 1. The Bertz CT molecular complexity index is 1270. The zero-order valence-corrected chi connectivity index (χ0v) is 17.7. The fourth-order valence-corrected chi connectivity index (χ4v) is 4.42. The first-order chi connectivity index (χ1) is 14.9. The van der Waals surface area contributed by atoms with Gasteiger partial charge in [-0.2, -0.15) is 0 Å². The van der Waals surface area contributed by atoms with Crippen LogP contribution in [-0.2, 0) is 17.9 Å². The molecule has 0 aliphatic carbocycles. The van der Waals surface area contributed by atoms with Gasteiger partial charge < -0.3 is 9.30 Å². The van der Waals surface area contributed by atoms with E-state index in [9.17, 15) is 0 Å². The van der Waals surface area contributed by atoms with E-state index in [0.29, 0.717) is 45.1 Å². The summed E-state index contributed by atoms with van der Waals surface area (Å²) in [7, 11) is 3.26. The van der Waals surface area contributed by atoms with Gasteiger partial charge in [-0.1, -0.05) is 16.8 Å². The molecule has 4 heterocycles. The fraction of sp³-hybridized carbons (Fsp3) is 0.400. The Balaban J connectivity index is 1.72. The van der Waals surface area contributed by atoms with E-state index in [1.165, 1.54) is 0 Å². The van der Waals surface area contributed by atoms with Crippen molar-refractivity contribution in [3.05, 3.63) is 47.1 Å². The van der Waals surface area contributed by atoms with Crippen LogP contribution < -0.4 is 0 Å². The van der Waals surface area contributed by atoms with Crippen LogP contribution >= 0.6 is 11.6 Å². The molecule has 0 spiro atoms. The molecule has 1 fully saturated rings. The molecule has 0 unspecified atom stereocenters. The third-order valence-electron chi connectivity index (χ3n) is 5.50. The van der Waals surface area contributed by atoms with Crippen molar-refractivity contribution in [2.75, 3.05) is 27.2 Å². The van der Waals surface area contributed by atoms with Gasteiger partial charge in [-0.05, 0) is 25.2 Å². The van der Waals surface area contributed by atoms with Crippen LogP contribution in [0.3, 0.4) is 0 Å². The summed E-state index contributed by atoms with van der Waals surface area (Å²) in [5.41, 5.74) is 2.45. The Labute approximate surface area is 181 Å². The van der Waals surface area contributed by atoms with Crippen molar-refractivity contribution in [2.24, 2.45) is 0 Å². The molecular formula is C20H20ClF2N7O. The molecule has 0 saturated carbocycles. The van der Waals surface area contributed by atoms with Gasteiger partial charge in [0, 0.05) is 24.1 Å². The molecule has 8 nitrogen and oxygen atoms in total. The van der Waals surface area contributed by atoms with Gasteiger partial charge in [0.15, 0.2) is 0 Å². The second kappa shape index (κ2) is 7.47. The van der Waals surface area contributed by atoms with Crippen LogP contribution in [0.4, 0.5) is 8.78 Å². The maximum absolute atomic E-state index is 15.1. The minimum absolute atomic E-state index is 0.184. The fourth-order valence-electron chi connectivity index (χ4n) is 4.25. The lowest BCUT2D eigenvalue weighted by Gasteiger charge is -2.22. The molecule has 5 rings (SSSR count). The highest BCUT2D eigenvalue weighted by Crippen LogP contribution is 2.40. The minimum Gasteiger partial charge on any atom is -0.378 e. The lowest BCUT2D eigenvalue weighted by atomic mass is 10.1. The molecule has 1 aliphatic heterocycles. The molecule has 1 atom stereocenters. The van der Waals surface area contributed by atoms with E-state index in [4.69, 9.17) is 16.3 Å². The Hall–Kier alpha value is -2.69. The number of nitrogens with zero attached hydrogens (tertiary/aromatic N) is 7. The van der Waals surface area contributed by atoms with Gasteiger partial charge in [0.2, 0.25) is 0 Å². The van der Waals surface area contributed by atoms with Crippen LogP contribution in [0.1, 0.15) is 17.6 Å². The molecule has 0 amide bonds. The van der Waals surface area contributed by atoms with E-state index < -0.39 is 12.0 Å². The Morgan fingerprint density at radius 1 is 1.29 bits per heavy atom. The number of likely N-dealkylation sites (N-methyl/N-ethyl adjacent to an activating group) is 1. The molecule has 3 aromatic heterocycles. The number of halogens is 3. The maximum Gasteiger partial charge on any atom is 0.282 e. The van der Waals surface area contributed by atoms with Crippen molar-refractivity contribution in [1.82, 2.24) is 34.4 Å². The summed E-state index contributed by atoms with van der Waals surface area (Å²) in [4.78, 5) is 10.7. The molecule has 1 aromatic carbocycles. The monoisotopic (exact) mass is 447 g/mol. The van der Waals surface area contributed by atoms with Gasteiger partial charge in [0.25, 0.3) is 5.92 Å². The van der Waals surface area contributed by atoms with Gasteiger partial charge >= 0.3 is 0 Å². The van der Waals surface area contributed by atoms with Crippen molar-refractivity contribution >= 4 is 33.5 Å². The van der Waals surface area contributed by atoms with Crippen LogP contribution in [0, 0.1) is 0 Å². The van der Waals surface area contributed by atoms with Crippen molar-refractivity contribution < 1.29 is 13.5 Å². The predicted octanol–water partition coefficient (Wildman–Crippen LogP) is 3.15.